The molecule has 3 atom stereocenters. The standard InChI is InChI=1S/C32H47N3O6/c1-32(2,41-31(36)34(3)4)20-25-19-27(24-9-11-26(38-6)12-10-24)30(21-33-25)40-22-23-8-13-29-28(18-23)35(15-17-39-29)14-7-16-37-5/h8-13,18,25,27,30,33H,7,14-17,19-22H2,1-6H3/t25-,27+,30-/m0/s1. The molecule has 2 aromatic rings. The predicted molar refractivity (Wildman–Crippen MR) is 160 cm³/mol. The fourth-order valence-electron chi connectivity index (χ4n) is 5.71. The summed E-state index contributed by atoms with van der Waals surface area (Å²) in [7, 11) is 6.83. The minimum Gasteiger partial charge on any atom is -0.497 e. The maximum atomic E-state index is 12.2. The van der Waals surface area contributed by atoms with Crippen molar-refractivity contribution in [2.24, 2.45) is 0 Å². The van der Waals surface area contributed by atoms with Gasteiger partial charge in [-0.1, -0.05) is 18.2 Å². The van der Waals surface area contributed by atoms with E-state index in [-0.39, 0.29) is 24.2 Å². The lowest BCUT2D eigenvalue weighted by Crippen LogP contribution is -2.50. The molecule has 2 aliphatic rings. The lowest BCUT2D eigenvalue weighted by molar-refractivity contribution is -0.0179. The van der Waals surface area contributed by atoms with E-state index in [0.717, 1.165) is 55.3 Å². The lowest BCUT2D eigenvalue weighted by Gasteiger charge is -2.40. The fraction of sp³-hybridized carbons (Fsp3) is 0.594. The van der Waals surface area contributed by atoms with E-state index in [1.807, 2.05) is 26.0 Å². The van der Waals surface area contributed by atoms with E-state index in [9.17, 15) is 4.79 Å². The van der Waals surface area contributed by atoms with Gasteiger partial charge in [-0.25, -0.2) is 4.79 Å². The van der Waals surface area contributed by atoms with Crippen LogP contribution in [0.15, 0.2) is 42.5 Å². The van der Waals surface area contributed by atoms with E-state index in [0.29, 0.717) is 26.2 Å². The normalized spacial score (nSPS) is 20.6. The highest BCUT2D eigenvalue weighted by atomic mass is 16.6. The number of ether oxygens (including phenoxy) is 5. The van der Waals surface area contributed by atoms with Crippen LogP contribution in [0.25, 0.3) is 0 Å². The van der Waals surface area contributed by atoms with Gasteiger partial charge >= 0.3 is 6.09 Å². The van der Waals surface area contributed by atoms with Crippen LogP contribution in [0.2, 0.25) is 0 Å². The number of nitrogens with zero attached hydrogens (tertiary/aromatic N) is 2. The van der Waals surface area contributed by atoms with Crippen LogP contribution in [0.4, 0.5) is 10.5 Å². The summed E-state index contributed by atoms with van der Waals surface area (Å²) in [5.74, 6) is 1.94. The molecule has 2 aliphatic heterocycles. The van der Waals surface area contributed by atoms with Crippen molar-refractivity contribution in [2.75, 3.05) is 66.1 Å². The van der Waals surface area contributed by atoms with E-state index in [4.69, 9.17) is 23.7 Å². The third kappa shape index (κ3) is 8.50. The Kier molecular flexibility index (Phi) is 10.8. The molecule has 2 aromatic carbocycles. The molecule has 226 valence electrons. The Morgan fingerprint density at radius 2 is 1.93 bits per heavy atom. The second-order valence-electron chi connectivity index (χ2n) is 11.8. The third-order valence-electron chi connectivity index (χ3n) is 7.83. The summed E-state index contributed by atoms with van der Waals surface area (Å²) in [5, 5.41) is 3.68. The number of fused-ring (bicyclic) bond motifs is 1. The average Bonchev–Trinajstić information content (AvgIpc) is 2.96. The molecule has 9 nitrogen and oxygen atoms in total. The Bertz CT molecular complexity index is 1120. The van der Waals surface area contributed by atoms with E-state index in [2.05, 4.69) is 40.5 Å². The fourth-order valence-corrected chi connectivity index (χ4v) is 5.71. The smallest absolute Gasteiger partial charge is 0.409 e. The van der Waals surface area contributed by atoms with Gasteiger partial charge < -0.3 is 38.8 Å². The summed E-state index contributed by atoms with van der Waals surface area (Å²) in [6.07, 6.45) is 2.20. The second kappa shape index (κ2) is 14.2. The summed E-state index contributed by atoms with van der Waals surface area (Å²) in [5.41, 5.74) is 2.86. The van der Waals surface area contributed by atoms with E-state index in [1.54, 1.807) is 28.3 Å². The molecular formula is C32H47N3O6. The summed E-state index contributed by atoms with van der Waals surface area (Å²) in [4.78, 5) is 16.1. The van der Waals surface area contributed by atoms with Gasteiger partial charge in [0.2, 0.25) is 0 Å². The van der Waals surface area contributed by atoms with E-state index in [1.165, 1.54) is 10.5 Å². The highest BCUT2D eigenvalue weighted by Crippen LogP contribution is 2.36. The maximum Gasteiger partial charge on any atom is 0.409 e. The first-order valence-electron chi connectivity index (χ1n) is 14.6. The van der Waals surface area contributed by atoms with Gasteiger partial charge in [0.1, 0.15) is 23.7 Å². The molecular weight excluding hydrogens is 522 g/mol. The van der Waals surface area contributed by atoms with Gasteiger partial charge in [-0.15, -0.1) is 0 Å². The van der Waals surface area contributed by atoms with Crippen molar-refractivity contribution in [3.63, 3.8) is 0 Å². The molecule has 0 saturated carbocycles. The molecule has 0 radical (unpaired) electrons. The molecule has 1 amide bonds. The molecule has 2 heterocycles. The zero-order valence-corrected chi connectivity index (χ0v) is 25.5. The van der Waals surface area contributed by atoms with Gasteiger partial charge in [0.15, 0.2) is 0 Å². The van der Waals surface area contributed by atoms with Gasteiger partial charge in [-0.2, -0.15) is 0 Å². The predicted octanol–water partition coefficient (Wildman–Crippen LogP) is 4.83. The van der Waals surface area contributed by atoms with Crippen LogP contribution in [-0.4, -0.2) is 89.9 Å². The molecule has 0 unspecified atom stereocenters. The van der Waals surface area contributed by atoms with Crippen molar-refractivity contribution in [3.05, 3.63) is 53.6 Å². The van der Waals surface area contributed by atoms with Crippen molar-refractivity contribution in [2.45, 2.75) is 63.4 Å². The van der Waals surface area contributed by atoms with Crippen LogP contribution in [0.5, 0.6) is 11.5 Å². The molecule has 0 spiro atoms. The first kappa shape index (κ1) is 30.9. The molecule has 1 saturated heterocycles. The number of benzene rings is 2. The second-order valence-corrected chi connectivity index (χ2v) is 11.8. The zero-order valence-electron chi connectivity index (χ0n) is 25.5. The molecule has 9 heteroatoms. The zero-order chi connectivity index (χ0) is 29.4. The number of hydrogen-bond donors (Lipinski definition) is 1. The molecule has 4 rings (SSSR count). The largest absolute Gasteiger partial charge is 0.497 e. The van der Waals surface area contributed by atoms with Crippen molar-refractivity contribution in [1.82, 2.24) is 10.2 Å². The molecule has 1 N–H and O–H groups in total. The average molecular weight is 570 g/mol. The monoisotopic (exact) mass is 569 g/mol. The molecule has 41 heavy (non-hydrogen) atoms. The van der Waals surface area contributed by atoms with Crippen molar-refractivity contribution in [1.29, 1.82) is 0 Å². The Morgan fingerprint density at radius 3 is 2.63 bits per heavy atom. The Hall–Kier alpha value is -3.01. The number of nitrogens with one attached hydrogen (secondary N) is 1. The number of carbonyl (C=O) groups is 1. The van der Waals surface area contributed by atoms with Gasteiger partial charge in [0.05, 0.1) is 32.1 Å². The number of methoxy groups -OCH3 is 2. The quantitative estimate of drug-likeness (QED) is 0.364. The van der Waals surface area contributed by atoms with Crippen molar-refractivity contribution in [3.8, 4) is 11.5 Å². The molecule has 0 aliphatic carbocycles. The highest BCUT2D eigenvalue weighted by molar-refractivity contribution is 5.67. The van der Waals surface area contributed by atoms with Crippen molar-refractivity contribution >= 4 is 11.8 Å². The summed E-state index contributed by atoms with van der Waals surface area (Å²) >= 11 is 0. The third-order valence-corrected chi connectivity index (χ3v) is 7.83. The number of carbonyl (C=O) groups excluding carboxylic acids is 1. The van der Waals surface area contributed by atoms with Gasteiger partial charge in [0.25, 0.3) is 0 Å². The molecule has 1 fully saturated rings. The Balaban J connectivity index is 1.46. The van der Waals surface area contributed by atoms with Crippen LogP contribution in [0, 0.1) is 0 Å². The Labute approximate surface area is 245 Å². The first-order chi connectivity index (χ1) is 19.7. The number of piperidine rings is 1. The lowest BCUT2D eigenvalue weighted by atomic mass is 9.81. The Morgan fingerprint density at radius 1 is 1.15 bits per heavy atom. The van der Waals surface area contributed by atoms with Crippen LogP contribution in [-0.2, 0) is 20.8 Å². The van der Waals surface area contributed by atoms with Crippen LogP contribution in [0.3, 0.4) is 0 Å². The SMILES string of the molecule is COCCCN1CCOc2ccc(CO[C@H]3CN[C@H](CC(C)(C)OC(=O)N(C)C)C[C@@H]3c3ccc(OC)cc3)cc21. The number of amides is 1. The number of hydrogen-bond acceptors (Lipinski definition) is 8. The summed E-state index contributed by atoms with van der Waals surface area (Å²) in [6.45, 7) is 8.40. The van der Waals surface area contributed by atoms with Crippen molar-refractivity contribution < 1.29 is 28.5 Å². The maximum absolute atomic E-state index is 12.2. The molecule has 0 aromatic heterocycles. The summed E-state index contributed by atoms with van der Waals surface area (Å²) in [6, 6.07) is 14.8. The molecule has 0 bridgehead atoms. The first-order valence-corrected chi connectivity index (χ1v) is 14.6. The van der Waals surface area contributed by atoms with Gasteiger partial charge in [-0.05, 0) is 62.1 Å². The number of rotatable bonds is 12. The number of anilines is 1. The van der Waals surface area contributed by atoms with E-state index < -0.39 is 5.60 Å². The van der Waals surface area contributed by atoms with Crippen LogP contribution in [0.1, 0.15) is 50.2 Å². The van der Waals surface area contributed by atoms with Crippen LogP contribution >= 0.6 is 0 Å². The topological polar surface area (TPSA) is 81.7 Å². The minimum absolute atomic E-state index is 0.0165. The van der Waals surface area contributed by atoms with Gasteiger partial charge in [-0.3, -0.25) is 0 Å². The highest BCUT2D eigenvalue weighted by Gasteiger charge is 2.36. The van der Waals surface area contributed by atoms with Gasteiger partial charge in [0, 0.05) is 59.3 Å². The summed E-state index contributed by atoms with van der Waals surface area (Å²) < 4.78 is 29.0. The minimum atomic E-state index is -0.600. The van der Waals surface area contributed by atoms with Crippen LogP contribution < -0.4 is 19.7 Å². The van der Waals surface area contributed by atoms with E-state index >= 15 is 0 Å².